The number of carbonyl (C=O) groups excluding carboxylic acids is 1. The zero-order chi connectivity index (χ0) is 19.4. The molecule has 0 saturated carbocycles. The molecule has 7 nitrogen and oxygen atoms in total. The fraction of sp³-hybridized carbons (Fsp3) is 0.450. The van der Waals surface area contributed by atoms with Crippen LogP contribution in [0.3, 0.4) is 0 Å². The van der Waals surface area contributed by atoms with E-state index in [9.17, 15) is 4.79 Å². The molecule has 1 saturated heterocycles. The molecule has 1 atom stereocenters. The van der Waals surface area contributed by atoms with Crippen LogP contribution in [-0.2, 0) is 11.2 Å². The van der Waals surface area contributed by atoms with E-state index in [1.54, 1.807) is 13.3 Å². The zero-order valence-electron chi connectivity index (χ0n) is 16.2. The van der Waals surface area contributed by atoms with Crippen LogP contribution in [-0.4, -0.2) is 43.8 Å². The largest absolute Gasteiger partial charge is 0.339 e. The Labute approximate surface area is 160 Å². The molecule has 1 N–H and O–H groups in total. The van der Waals surface area contributed by atoms with Crippen LogP contribution in [0.15, 0.2) is 30.6 Å². The molecule has 3 rings (SSSR count). The van der Waals surface area contributed by atoms with Gasteiger partial charge < -0.3 is 10.2 Å². The van der Waals surface area contributed by atoms with E-state index in [0.717, 1.165) is 49.4 Å². The smallest absolute Gasteiger partial charge is 0.248 e. The fourth-order valence-electron chi connectivity index (χ4n) is 3.46. The highest BCUT2D eigenvalue weighted by molar-refractivity contribution is 5.92. The van der Waals surface area contributed by atoms with Gasteiger partial charge in [-0.2, -0.15) is 0 Å². The summed E-state index contributed by atoms with van der Waals surface area (Å²) in [7, 11) is 0. The quantitative estimate of drug-likeness (QED) is 0.819. The lowest BCUT2D eigenvalue weighted by Gasteiger charge is -2.32. The number of aromatic nitrogens is 4. The van der Waals surface area contributed by atoms with Crippen molar-refractivity contribution in [3.63, 3.8) is 0 Å². The van der Waals surface area contributed by atoms with Crippen molar-refractivity contribution in [2.45, 2.75) is 40.0 Å². The van der Waals surface area contributed by atoms with Crippen molar-refractivity contribution in [2.24, 2.45) is 5.92 Å². The van der Waals surface area contributed by atoms with E-state index in [0.29, 0.717) is 23.3 Å². The average Bonchev–Trinajstić information content (AvgIpc) is 2.60. The summed E-state index contributed by atoms with van der Waals surface area (Å²) in [6.45, 7) is 11.0. The molecule has 0 bridgehead atoms. The number of nitrogens with one attached hydrogen (secondary N) is 1. The topological polar surface area (TPSA) is 83.9 Å². The van der Waals surface area contributed by atoms with E-state index in [1.807, 2.05) is 30.9 Å². The number of nitrogens with zero attached hydrogens (tertiary/aromatic N) is 5. The highest BCUT2D eigenvalue weighted by atomic mass is 16.2. The van der Waals surface area contributed by atoms with Crippen molar-refractivity contribution in [1.82, 2.24) is 24.8 Å². The molecule has 0 aromatic carbocycles. The van der Waals surface area contributed by atoms with Crippen LogP contribution in [0.25, 0.3) is 0 Å². The van der Waals surface area contributed by atoms with E-state index in [4.69, 9.17) is 0 Å². The molecule has 2 aromatic rings. The van der Waals surface area contributed by atoms with Crippen LogP contribution in [0, 0.1) is 19.8 Å². The molecule has 142 valence electrons. The van der Waals surface area contributed by atoms with E-state index in [1.165, 1.54) is 0 Å². The summed E-state index contributed by atoms with van der Waals surface area (Å²) in [5, 5.41) is 3.16. The molecule has 3 heterocycles. The minimum atomic E-state index is 0.0525. The summed E-state index contributed by atoms with van der Waals surface area (Å²) in [6, 6.07) is 3.86. The van der Waals surface area contributed by atoms with Crippen molar-refractivity contribution in [3.8, 4) is 0 Å². The van der Waals surface area contributed by atoms with Crippen molar-refractivity contribution >= 4 is 17.7 Å². The molecule has 2 aromatic heterocycles. The standard InChI is InChI=1S/C20H26N6O/c1-13(2)19(27)26-7-5-6-16(11-26)9-17-10-18(22-12-21-17)25-20-23-14(3)8-15(4)24-20/h8,10,12,16H,1,5-7,9,11H2,2-4H3,(H,21,22,23,24,25). The van der Waals surface area contributed by atoms with Crippen LogP contribution in [0.5, 0.6) is 0 Å². The third kappa shape index (κ3) is 5.09. The zero-order valence-corrected chi connectivity index (χ0v) is 16.2. The lowest BCUT2D eigenvalue weighted by molar-refractivity contribution is -0.128. The Morgan fingerprint density at radius 3 is 2.70 bits per heavy atom. The SMILES string of the molecule is C=C(C)C(=O)N1CCCC(Cc2cc(Nc3nc(C)cc(C)n3)ncn2)C1. The molecule has 1 amide bonds. The van der Waals surface area contributed by atoms with Gasteiger partial charge in [-0.15, -0.1) is 0 Å². The van der Waals surface area contributed by atoms with Crippen molar-refractivity contribution in [2.75, 3.05) is 18.4 Å². The first kappa shape index (κ1) is 18.9. The summed E-state index contributed by atoms with van der Waals surface area (Å²) in [5.41, 5.74) is 3.36. The molecular formula is C20H26N6O. The fourth-order valence-corrected chi connectivity index (χ4v) is 3.46. The number of anilines is 2. The maximum Gasteiger partial charge on any atom is 0.248 e. The number of aryl methyl sites for hydroxylation is 2. The first-order chi connectivity index (χ1) is 12.9. The number of likely N-dealkylation sites (tertiary alicyclic amines) is 1. The molecule has 27 heavy (non-hydrogen) atoms. The number of hydrogen-bond acceptors (Lipinski definition) is 6. The number of piperidine rings is 1. The van der Waals surface area contributed by atoms with E-state index < -0.39 is 0 Å². The summed E-state index contributed by atoms with van der Waals surface area (Å²) in [5.74, 6) is 1.66. The Morgan fingerprint density at radius 2 is 2.00 bits per heavy atom. The molecule has 1 aliphatic heterocycles. The van der Waals surface area contributed by atoms with Gasteiger partial charge in [-0.05, 0) is 52.0 Å². The second-order valence-corrected chi connectivity index (χ2v) is 7.24. The van der Waals surface area contributed by atoms with Crippen LogP contribution in [0.4, 0.5) is 11.8 Å². The highest BCUT2D eigenvalue weighted by Crippen LogP contribution is 2.22. The summed E-state index contributed by atoms with van der Waals surface area (Å²) in [4.78, 5) is 31.5. The Morgan fingerprint density at radius 1 is 1.26 bits per heavy atom. The van der Waals surface area contributed by atoms with Crippen LogP contribution < -0.4 is 5.32 Å². The Balaban J connectivity index is 1.66. The molecule has 1 fully saturated rings. The van der Waals surface area contributed by atoms with E-state index in [-0.39, 0.29) is 5.91 Å². The highest BCUT2D eigenvalue weighted by Gasteiger charge is 2.24. The normalized spacial score (nSPS) is 16.9. The van der Waals surface area contributed by atoms with Gasteiger partial charge in [0.15, 0.2) is 0 Å². The lowest BCUT2D eigenvalue weighted by Crippen LogP contribution is -2.40. The third-order valence-electron chi connectivity index (χ3n) is 4.61. The van der Waals surface area contributed by atoms with E-state index in [2.05, 4.69) is 31.8 Å². The monoisotopic (exact) mass is 366 g/mol. The molecule has 1 aliphatic rings. The molecule has 0 radical (unpaired) electrons. The van der Waals surface area contributed by atoms with Crippen LogP contribution in [0.1, 0.15) is 36.8 Å². The Hall–Kier alpha value is -2.83. The molecule has 0 aliphatic carbocycles. The third-order valence-corrected chi connectivity index (χ3v) is 4.61. The van der Waals surface area contributed by atoms with Gasteiger partial charge in [0.1, 0.15) is 12.1 Å². The summed E-state index contributed by atoms with van der Waals surface area (Å²) >= 11 is 0. The van der Waals surface area contributed by atoms with Gasteiger partial charge in [0.2, 0.25) is 11.9 Å². The number of rotatable bonds is 5. The second-order valence-electron chi connectivity index (χ2n) is 7.24. The van der Waals surface area contributed by atoms with Crippen molar-refractivity contribution < 1.29 is 4.79 Å². The molecule has 0 spiro atoms. The first-order valence-electron chi connectivity index (χ1n) is 9.25. The van der Waals surface area contributed by atoms with Crippen LogP contribution in [0.2, 0.25) is 0 Å². The maximum atomic E-state index is 12.2. The van der Waals surface area contributed by atoms with Gasteiger partial charge in [-0.25, -0.2) is 19.9 Å². The van der Waals surface area contributed by atoms with Crippen molar-refractivity contribution in [1.29, 1.82) is 0 Å². The predicted molar refractivity (Wildman–Crippen MR) is 105 cm³/mol. The number of amides is 1. The minimum absolute atomic E-state index is 0.0525. The van der Waals surface area contributed by atoms with Gasteiger partial charge in [0.05, 0.1) is 0 Å². The van der Waals surface area contributed by atoms with Gasteiger partial charge in [0, 0.05) is 41.8 Å². The van der Waals surface area contributed by atoms with E-state index >= 15 is 0 Å². The first-order valence-corrected chi connectivity index (χ1v) is 9.25. The maximum absolute atomic E-state index is 12.2. The second kappa shape index (κ2) is 8.24. The molecular weight excluding hydrogens is 340 g/mol. The Bertz CT molecular complexity index is 830. The van der Waals surface area contributed by atoms with Gasteiger partial charge in [0.25, 0.3) is 0 Å². The lowest BCUT2D eigenvalue weighted by atomic mass is 9.93. The van der Waals surface area contributed by atoms with Crippen LogP contribution >= 0.6 is 0 Å². The summed E-state index contributed by atoms with van der Waals surface area (Å²) in [6.07, 6.45) is 4.47. The average molecular weight is 366 g/mol. The number of carbonyl (C=O) groups is 1. The number of hydrogen-bond donors (Lipinski definition) is 1. The van der Waals surface area contributed by atoms with Gasteiger partial charge in [-0.3, -0.25) is 4.79 Å². The van der Waals surface area contributed by atoms with Gasteiger partial charge >= 0.3 is 0 Å². The molecule has 7 heteroatoms. The van der Waals surface area contributed by atoms with Crippen molar-refractivity contribution in [3.05, 3.63) is 47.7 Å². The minimum Gasteiger partial charge on any atom is -0.339 e. The predicted octanol–water partition coefficient (Wildman–Crippen LogP) is 2.98. The van der Waals surface area contributed by atoms with Gasteiger partial charge in [-0.1, -0.05) is 6.58 Å². The Kier molecular flexibility index (Phi) is 5.78. The molecule has 1 unspecified atom stereocenters. The summed E-state index contributed by atoms with van der Waals surface area (Å²) < 4.78 is 0.